The Morgan fingerprint density at radius 3 is 1.50 bits per heavy atom. The molecule has 4 N–H and O–H groups in total. The van der Waals surface area contributed by atoms with Crippen LogP contribution in [0.1, 0.15) is 25.7 Å². The van der Waals surface area contributed by atoms with Gasteiger partial charge in [0.25, 0.3) is 0 Å². The molecular formula is C10H20N2O4. The molecule has 0 aliphatic heterocycles. The molecule has 0 rings (SSSR count). The van der Waals surface area contributed by atoms with Crippen LogP contribution >= 0.6 is 0 Å². The number of carbonyl (C=O) groups is 2. The van der Waals surface area contributed by atoms with Crippen LogP contribution in [0.15, 0.2) is 0 Å². The zero-order chi connectivity index (χ0) is 12.2. The number of esters is 2. The van der Waals surface area contributed by atoms with Gasteiger partial charge in [0.15, 0.2) is 0 Å². The van der Waals surface area contributed by atoms with Gasteiger partial charge in [-0.2, -0.15) is 0 Å². The van der Waals surface area contributed by atoms with E-state index in [-0.39, 0.29) is 12.8 Å². The smallest absolute Gasteiger partial charge is 0.306 e. The molecule has 0 saturated heterocycles. The summed E-state index contributed by atoms with van der Waals surface area (Å²) in [6.07, 6.45) is 1.36. The van der Waals surface area contributed by atoms with Crippen molar-refractivity contribution in [1.82, 2.24) is 0 Å². The molecule has 0 radical (unpaired) electrons. The lowest BCUT2D eigenvalue weighted by Gasteiger charge is -2.04. The van der Waals surface area contributed by atoms with Gasteiger partial charge < -0.3 is 20.9 Å². The van der Waals surface area contributed by atoms with Crippen LogP contribution < -0.4 is 11.5 Å². The lowest BCUT2D eigenvalue weighted by molar-refractivity contribution is -0.150. The summed E-state index contributed by atoms with van der Waals surface area (Å²) in [4.78, 5) is 22.1. The maximum absolute atomic E-state index is 11.1. The first-order valence-corrected chi connectivity index (χ1v) is 5.42. The molecule has 0 unspecified atom stereocenters. The number of nitrogens with two attached hydrogens (primary N) is 2. The SMILES string of the molecule is NCCCOC(=O)CCC(=O)OCCCN. The fourth-order valence-corrected chi connectivity index (χ4v) is 0.887. The number of ether oxygens (including phenoxy) is 2. The molecule has 0 aromatic carbocycles. The molecule has 0 saturated carbocycles. The van der Waals surface area contributed by atoms with Crippen LogP contribution in [0.2, 0.25) is 0 Å². The largest absolute Gasteiger partial charge is 0.466 e. The van der Waals surface area contributed by atoms with E-state index in [0.29, 0.717) is 39.1 Å². The Bertz CT molecular complexity index is 187. The lowest BCUT2D eigenvalue weighted by atomic mass is 10.3. The molecule has 6 nitrogen and oxygen atoms in total. The monoisotopic (exact) mass is 232 g/mol. The van der Waals surface area contributed by atoms with Crippen molar-refractivity contribution >= 4 is 11.9 Å². The zero-order valence-electron chi connectivity index (χ0n) is 9.44. The zero-order valence-corrected chi connectivity index (χ0v) is 9.44. The average Bonchev–Trinajstić information content (AvgIpc) is 2.27. The molecule has 0 aromatic heterocycles. The van der Waals surface area contributed by atoms with Crippen LogP contribution in [0.4, 0.5) is 0 Å². The van der Waals surface area contributed by atoms with Gasteiger partial charge in [-0.25, -0.2) is 0 Å². The molecule has 0 atom stereocenters. The Morgan fingerprint density at radius 2 is 1.19 bits per heavy atom. The predicted octanol–water partition coefficient (Wildman–Crippen LogP) is -0.449. The summed E-state index contributed by atoms with van der Waals surface area (Å²) in [6.45, 7) is 1.57. The highest BCUT2D eigenvalue weighted by molar-refractivity contribution is 5.77. The van der Waals surface area contributed by atoms with Gasteiger partial charge in [0.2, 0.25) is 0 Å². The van der Waals surface area contributed by atoms with Gasteiger partial charge in [0.05, 0.1) is 26.1 Å². The summed E-state index contributed by atoms with van der Waals surface area (Å²) in [7, 11) is 0. The number of rotatable bonds is 9. The molecule has 0 heterocycles. The first-order valence-electron chi connectivity index (χ1n) is 5.42. The van der Waals surface area contributed by atoms with Crippen molar-refractivity contribution in [3.8, 4) is 0 Å². The topological polar surface area (TPSA) is 105 Å². The van der Waals surface area contributed by atoms with Crippen molar-refractivity contribution in [2.24, 2.45) is 11.5 Å². The molecule has 94 valence electrons. The van der Waals surface area contributed by atoms with Crippen molar-refractivity contribution in [3.05, 3.63) is 0 Å². The van der Waals surface area contributed by atoms with Crippen LogP contribution in [0.25, 0.3) is 0 Å². The van der Waals surface area contributed by atoms with Gasteiger partial charge in [0, 0.05) is 0 Å². The van der Waals surface area contributed by atoms with Crippen LogP contribution in [-0.2, 0) is 19.1 Å². The van der Waals surface area contributed by atoms with Crippen LogP contribution in [0, 0.1) is 0 Å². The summed E-state index contributed by atoms with van der Waals surface area (Å²) in [5, 5.41) is 0. The van der Waals surface area contributed by atoms with Crippen LogP contribution in [0.3, 0.4) is 0 Å². The Kier molecular flexibility index (Phi) is 9.64. The quantitative estimate of drug-likeness (QED) is 0.412. The standard InChI is InChI=1S/C10H20N2O4/c11-5-1-7-15-9(13)3-4-10(14)16-8-2-6-12/h1-8,11-12H2. The van der Waals surface area contributed by atoms with E-state index >= 15 is 0 Å². The second-order valence-electron chi connectivity index (χ2n) is 3.23. The summed E-state index contributed by atoms with van der Waals surface area (Å²) in [5.41, 5.74) is 10.5. The van der Waals surface area contributed by atoms with Crippen LogP contribution in [-0.4, -0.2) is 38.2 Å². The fraction of sp³-hybridized carbons (Fsp3) is 0.800. The van der Waals surface area contributed by atoms with Crippen molar-refractivity contribution in [2.75, 3.05) is 26.3 Å². The third-order valence-electron chi connectivity index (χ3n) is 1.76. The summed E-state index contributed by atoms with van der Waals surface area (Å²) in [6, 6.07) is 0. The fourth-order valence-electron chi connectivity index (χ4n) is 0.887. The van der Waals surface area contributed by atoms with E-state index in [1.807, 2.05) is 0 Å². The van der Waals surface area contributed by atoms with Gasteiger partial charge in [-0.3, -0.25) is 9.59 Å². The van der Waals surface area contributed by atoms with Gasteiger partial charge in [-0.15, -0.1) is 0 Å². The molecule has 0 aromatic rings. The molecule has 6 heteroatoms. The molecule has 0 spiro atoms. The van der Waals surface area contributed by atoms with Gasteiger partial charge in [-0.1, -0.05) is 0 Å². The molecule has 16 heavy (non-hydrogen) atoms. The highest BCUT2D eigenvalue weighted by atomic mass is 16.5. The minimum absolute atomic E-state index is 0.0476. The van der Waals surface area contributed by atoms with E-state index in [1.165, 1.54) is 0 Å². The van der Waals surface area contributed by atoms with E-state index in [0.717, 1.165) is 0 Å². The molecule has 0 bridgehead atoms. The number of carbonyl (C=O) groups excluding carboxylic acids is 2. The second kappa shape index (κ2) is 10.4. The van der Waals surface area contributed by atoms with E-state index in [4.69, 9.17) is 20.9 Å². The summed E-state index contributed by atoms with van der Waals surface area (Å²) < 4.78 is 9.62. The first kappa shape index (κ1) is 14.9. The Morgan fingerprint density at radius 1 is 0.812 bits per heavy atom. The summed E-state index contributed by atoms with van der Waals surface area (Å²) in [5.74, 6) is -0.798. The van der Waals surface area contributed by atoms with Crippen molar-refractivity contribution in [2.45, 2.75) is 25.7 Å². The van der Waals surface area contributed by atoms with E-state index in [1.54, 1.807) is 0 Å². The Balaban J connectivity index is 3.40. The van der Waals surface area contributed by atoms with E-state index in [2.05, 4.69) is 0 Å². The van der Waals surface area contributed by atoms with Crippen molar-refractivity contribution in [3.63, 3.8) is 0 Å². The van der Waals surface area contributed by atoms with Gasteiger partial charge in [0.1, 0.15) is 0 Å². The van der Waals surface area contributed by atoms with Gasteiger partial charge in [-0.05, 0) is 25.9 Å². The molecule has 0 aliphatic rings. The van der Waals surface area contributed by atoms with Gasteiger partial charge >= 0.3 is 11.9 Å². The van der Waals surface area contributed by atoms with Crippen molar-refractivity contribution < 1.29 is 19.1 Å². The number of hydrogen-bond donors (Lipinski definition) is 2. The van der Waals surface area contributed by atoms with E-state index < -0.39 is 11.9 Å². The molecule has 0 fully saturated rings. The third-order valence-corrected chi connectivity index (χ3v) is 1.76. The van der Waals surface area contributed by atoms with E-state index in [9.17, 15) is 9.59 Å². The third kappa shape index (κ3) is 9.42. The molecule has 0 aliphatic carbocycles. The predicted molar refractivity (Wildman–Crippen MR) is 58.5 cm³/mol. The summed E-state index contributed by atoms with van der Waals surface area (Å²) >= 11 is 0. The van der Waals surface area contributed by atoms with Crippen LogP contribution in [0.5, 0.6) is 0 Å². The maximum atomic E-state index is 11.1. The minimum Gasteiger partial charge on any atom is -0.466 e. The Labute approximate surface area is 95.3 Å². The second-order valence-corrected chi connectivity index (χ2v) is 3.23. The molecular weight excluding hydrogens is 212 g/mol. The normalized spacial score (nSPS) is 9.88. The number of hydrogen-bond acceptors (Lipinski definition) is 6. The van der Waals surface area contributed by atoms with Crippen molar-refractivity contribution in [1.29, 1.82) is 0 Å². The maximum Gasteiger partial charge on any atom is 0.306 e. The highest BCUT2D eigenvalue weighted by Gasteiger charge is 2.08. The molecule has 0 amide bonds. The highest BCUT2D eigenvalue weighted by Crippen LogP contribution is 1.97. The minimum atomic E-state index is -0.399. The first-order chi connectivity index (χ1) is 7.70. The Hall–Kier alpha value is -1.14. The average molecular weight is 232 g/mol. The lowest BCUT2D eigenvalue weighted by Crippen LogP contribution is -2.13.